The summed E-state index contributed by atoms with van der Waals surface area (Å²) in [7, 11) is 0. The Hall–Kier alpha value is -3.15. The smallest absolute Gasteiger partial charge is 0.258 e. The average Bonchev–Trinajstić information content (AvgIpc) is 3.31. The average molecular weight is 360 g/mol. The minimum Gasteiger partial charge on any atom is -0.442 e. The first kappa shape index (κ1) is 16.1. The lowest BCUT2D eigenvalue weighted by atomic mass is 9.98. The van der Waals surface area contributed by atoms with Crippen LogP contribution in [0.15, 0.2) is 50.8 Å². The van der Waals surface area contributed by atoms with E-state index < -0.39 is 0 Å². The number of aliphatic imine (C=N–C) groups is 2. The number of carbonyl (C=O) groups excluding carboxylic acids is 1. The van der Waals surface area contributed by atoms with Crippen molar-refractivity contribution in [3.8, 4) is 0 Å². The predicted octanol–water partition coefficient (Wildman–Crippen LogP) is 3.25. The summed E-state index contributed by atoms with van der Waals surface area (Å²) in [6.45, 7) is 4.63. The largest absolute Gasteiger partial charge is 0.442 e. The van der Waals surface area contributed by atoms with E-state index in [4.69, 9.17) is 4.42 Å². The molecule has 0 aliphatic carbocycles. The van der Waals surface area contributed by atoms with Gasteiger partial charge < -0.3 is 14.2 Å². The third-order valence-corrected chi connectivity index (χ3v) is 5.33. The van der Waals surface area contributed by atoms with Crippen molar-refractivity contribution >= 4 is 29.5 Å². The van der Waals surface area contributed by atoms with E-state index in [2.05, 4.69) is 28.2 Å². The lowest BCUT2D eigenvalue weighted by Crippen LogP contribution is -2.37. The summed E-state index contributed by atoms with van der Waals surface area (Å²) in [5, 5.41) is 0. The number of rotatable bonds is 2. The molecule has 1 amide bonds. The quantitative estimate of drug-likeness (QED) is 0.826. The molecule has 3 aliphatic heterocycles. The fourth-order valence-electron chi connectivity index (χ4n) is 3.93. The Morgan fingerprint density at radius 2 is 2.04 bits per heavy atom. The van der Waals surface area contributed by atoms with Crippen LogP contribution >= 0.6 is 0 Å². The van der Waals surface area contributed by atoms with Gasteiger partial charge in [-0.05, 0) is 24.5 Å². The van der Waals surface area contributed by atoms with E-state index >= 15 is 0 Å². The number of amidine groups is 1. The number of amides is 1. The molecule has 0 spiro atoms. The molecule has 0 saturated carbocycles. The molecule has 0 N–H and O–H groups in total. The van der Waals surface area contributed by atoms with E-state index in [1.165, 1.54) is 11.1 Å². The molecule has 0 fully saturated rings. The Balaban J connectivity index is 1.44. The standard InChI is InChI=1S/C21H20N4O2/c1-14-17(18-19-22-9-12-25(19)13-23-20(18)27-14)21(26)24-10-7-16(8-11-24)15-5-3-2-4-6-15/h2-7,13H,8-12H2,1H3. The summed E-state index contributed by atoms with van der Waals surface area (Å²) in [5.74, 6) is 1.90. The number of fused-ring (bicyclic) bond motifs is 3. The van der Waals surface area contributed by atoms with Gasteiger partial charge in [-0.15, -0.1) is 0 Å². The maximum absolute atomic E-state index is 13.3. The molecular weight excluding hydrogens is 340 g/mol. The monoisotopic (exact) mass is 360 g/mol. The minimum absolute atomic E-state index is 0.00693. The fraction of sp³-hybridized carbons (Fsp3) is 0.286. The van der Waals surface area contributed by atoms with Crippen molar-refractivity contribution in [3.63, 3.8) is 0 Å². The summed E-state index contributed by atoms with van der Waals surface area (Å²) in [5.41, 5.74) is 3.87. The first-order valence-corrected chi connectivity index (χ1v) is 9.25. The van der Waals surface area contributed by atoms with Crippen molar-refractivity contribution in [1.82, 2.24) is 9.80 Å². The molecule has 5 rings (SSSR count). The lowest BCUT2D eigenvalue weighted by Gasteiger charge is -2.27. The van der Waals surface area contributed by atoms with Crippen LogP contribution < -0.4 is 0 Å². The van der Waals surface area contributed by atoms with E-state index in [0.29, 0.717) is 36.8 Å². The predicted molar refractivity (Wildman–Crippen MR) is 105 cm³/mol. The summed E-state index contributed by atoms with van der Waals surface area (Å²) in [6, 6.07) is 10.3. The molecule has 27 heavy (non-hydrogen) atoms. The molecule has 0 bridgehead atoms. The Labute approximate surface area is 157 Å². The molecule has 1 aromatic heterocycles. The number of hydrogen-bond donors (Lipinski definition) is 0. The van der Waals surface area contributed by atoms with Crippen molar-refractivity contribution < 1.29 is 9.21 Å². The van der Waals surface area contributed by atoms with Gasteiger partial charge in [0.15, 0.2) is 0 Å². The Bertz CT molecular complexity index is 1000. The topological polar surface area (TPSA) is 61.4 Å². The molecular formula is C21H20N4O2. The third kappa shape index (κ3) is 2.60. The molecule has 6 heteroatoms. The molecule has 6 nitrogen and oxygen atoms in total. The van der Waals surface area contributed by atoms with Gasteiger partial charge in [-0.3, -0.25) is 9.79 Å². The molecule has 2 aromatic rings. The van der Waals surface area contributed by atoms with Crippen LogP contribution in [0.1, 0.15) is 33.7 Å². The Morgan fingerprint density at radius 1 is 1.19 bits per heavy atom. The van der Waals surface area contributed by atoms with Crippen molar-refractivity contribution in [1.29, 1.82) is 0 Å². The van der Waals surface area contributed by atoms with E-state index in [1.807, 2.05) is 34.9 Å². The summed E-state index contributed by atoms with van der Waals surface area (Å²) in [6.07, 6.45) is 4.73. The SMILES string of the molecule is Cc1oc2c(c1C(=O)N1CC=C(c3ccccc3)CC1)C1=NCCN1C=N2. The first-order valence-electron chi connectivity index (χ1n) is 9.25. The summed E-state index contributed by atoms with van der Waals surface area (Å²) < 4.78 is 5.78. The molecule has 4 heterocycles. The summed E-state index contributed by atoms with van der Waals surface area (Å²) >= 11 is 0. The van der Waals surface area contributed by atoms with Gasteiger partial charge in [-0.2, -0.15) is 0 Å². The molecule has 3 aliphatic rings. The van der Waals surface area contributed by atoms with E-state index in [0.717, 1.165) is 24.4 Å². The Morgan fingerprint density at radius 3 is 2.81 bits per heavy atom. The minimum atomic E-state index is -0.00693. The second-order valence-corrected chi connectivity index (χ2v) is 6.95. The van der Waals surface area contributed by atoms with Crippen LogP contribution in [0.2, 0.25) is 0 Å². The Kier molecular flexibility index (Phi) is 3.70. The van der Waals surface area contributed by atoms with Gasteiger partial charge >= 0.3 is 0 Å². The molecule has 136 valence electrons. The first-order chi connectivity index (χ1) is 13.2. The summed E-state index contributed by atoms with van der Waals surface area (Å²) in [4.78, 5) is 26.1. The highest BCUT2D eigenvalue weighted by atomic mass is 16.4. The zero-order chi connectivity index (χ0) is 18.4. The van der Waals surface area contributed by atoms with Crippen molar-refractivity contribution in [2.24, 2.45) is 9.98 Å². The van der Waals surface area contributed by atoms with Crippen LogP contribution in [-0.2, 0) is 0 Å². The molecule has 0 saturated heterocycles. The van der Waals surface area contributed by atoms with Gasteiger partial charge in [0, 0.05) is 19.6 Å². The van der Waals surface area contributed by atoms with Gasteiger partial charge in [-0.1, -0.05) is 36.4 Å². The van der Waals surface area contributed by atoms with Crippen molar-refractivity contribution in [2.75, 3.05) is 26.2 Å². The number of carbonyl (C=O) groups is 1. The van der Waals surface area contributed by atoms with Gasteiger partial charge in [0.1, 0.15) is 17.9 Å². The van der Waals surface area contributed by atoms with Crippen molar-refractivity contribution in [2.45, 2.75) is 13.3 Å². The second-order valence-electron chi connectivity index (χ2n) is 6.95. The third-order valence-electron chi connectivity index (χ3n) is 5.33. The number of benzene rings is 1. The maximum atomic E-state index is 13.3. The zero-order valence-corrected chi connectivity index (χ0v) is 15.2. The molecule has 0 radical (unpaired) electrons. The molecule has 1 aromatic carbocycles. The number of aryl methyl sites for hydroxylation is 1. The number of hydrogen-bond acceptors (Lipinski definition) is 5. The van der Waals surface area contributed by atoms with E-state index in [-0.39, 0.29) is 5.91 Å². The fourth-order valence-corrected chi connectivity index (χ4v) is 3.93. The van der Waals surface area contributed by atoms with Crippen LogP contribution in [-0.4, -0.2) is 54.1 Å². The van der Waals surface area contributed by atoms with Gasteiger partial charge in [0.05, 0.1) is 17.7 Å². The highest BCUT2D eigenvalue weighted by Crippen LogP contribution is 2.35. The van der Waals surface area contributed by atoms with Crippen molar-refractivity contribution in [3.05, 3.63) is 58.9 Å². The second kappa shape index (κ2) is 6.23. The van der Waals surface area contributed by atoms with Crippen LogP contribution in [0.25, 0.3) is 5.57 Å². The van der Waals surface area contributed by atoms with Crippen LogP contribution in [0.4, 0.5) is 5.88 Å². The zero-order valence-electron chi connectivity index (χ0n) is 15.2. The highest BCUT2D eigenvalue weighted by Gasteiger charge is 2.35. The van der Waals surface area contributed by atoms with Crippen LogP contribution in [0.3, 0.4) is 0 Å². The van der Waals surface area contributed by atoms with E-state index in [1.54, 1.807) is 6.34 Å². The normalized spacial score (nSPS) is 18.1. The van der Waals surface area contributed by atoms with Crippen LogP contribution in [0, 0.1) is 6.92 Å². The van der Waals surface area contributed by atoms with Gasteiger partial charge in [0.2, 0.25) is 5.88 Å². The van der Waals surface area contributed by atoms with Crippen LogP contribution in [0.5, 0.6) is 0 Å². The molecule has 0 atom stereocenters. The van der Waals surface area contributed by atoms with E-state index in [9.17, 15) is 4.79 Å². The molecule has 0 unspecified atom stereocenters. The van der Waals surface area contributed by atoms with Gasteiger partial charge in [-0.25, -0.2) is 4.99 Å². The maximum Gasteiger partial charge on any atom is 0.258 e. The number of nitrogens with zero attached hydrogens (tertiary/aromatic N) is 4. The highest BCUT2D eigenvalue weighted by molar-refractivity contribution is 6.17. The number of furan rings is 1. The van der Waals surface area contributed by atoms with Gasteiger partial charge in [0.25, 0.3) is 5.91 Å². The lowest BCUT2D eigenvalue weighted by molar-refractivity contribution is 0.0771.